The minimum atomic E-state index is 0.114. The van der Waals surface area contributed by atoms with E-state index in [1.807, 2.05) is 38.1 Å². The molecule has 0 spiro atoms. The molecule has 0 aliphatic heterocycles. The van der Waals surface area contributed by atoms with E-state index in [1.54, 1.807) is 6.08 Å². The third-order valence-electron chi connectivity index (χ3n) is 1.99. The molecule has 74 valence electrons. The third kappa shape index (κ3) is 2.62. The van der Waals surface area contributed by atoms with E-state index in [0.717, 1.165) is 11.1 Å². The topological polar surface area (TPSA) is 58.6 Å². The van der Waals surface area contributed by atoms with Crippen LogP contribution in [-0.2, 0) is 0 Å². The number of nitrogens with zero attached hydrogens (tertiary/aromatic N) is 1. The first-order valence-corrected chi connectivity index (χ1v) is 4.36. The number of rotatable bonds is 2. The zero-order valence-corrected chi connectivity index (χ0v) is 8.36. The van der Waals surface area contributed by atoms with Crippen molar-refractivity contribution in [2.45, 2.75) is 13.8 Å². The molecule has 0 amide bonds. The maximum absolute atomic E-state index is 8.39. The second kappa shape index (κ2) is 4.46. The van der Waals surface area contributed by atoms with Crippen LogP contribution in [0.4, 0.5) is 0 Å². The summed E-state index contributed by atoms with van der Waals surface area (Å²) < 4.78 is 0. The van der Waals surface area contributed by atoms with Gasteiger partial charge in [-0.25, -0.2) is 0 Å². The summed E-state index contributed by atoms with van der Waals surface area (Å²) in [6.45, 7) is 3.95. The molecule has 0 aliphatic rings. The van der Waals surface area contributed by atoms with Crippen LogP contribution in [0.1, 0.15) is 18.1 Å². The average Bonchev–Trinajstić information content (AvgIpc) is 2.18. The Morgan fingerprint density at radius 2 is 1.93 bits per heavy atom. The van der Waals surface area contributed by atoms with E-state index in [9.17, 15) is 0 Å². The summed E-state index contributed by atoms with van der Waals surface area (Å²) in [6, 6.07) is 8.07. The van der Waals surface area contributed by atoms with Gasteiger partial charge in [-0.3, -0.25) is 0 Å². The van der Waals surface area contributed by atoms with Gasteiger partial charge in [0.2, 0.25) is 0 Å². The van der Waals surface area contributed by atoms with Gasteiger partial charge in [-0.1, -0.05) is 35.0 Å². The van der Waals surface area contributed by atoms with Crippen molar-refractivity contribution in [3.8, 4) is 0 Å². The SMILES string of the molecule is C/C(=C\C(N)=N/O)c1ccc(C)cc1. The highest BCUT2D eigenvalue weighted by Gasteiger charge is 1.95. The minimum Gasteiger partial charge on any atom is -0.409 e. The van der Waals surface area contributed by atoms with Crippen LogP contribution in [0.3, 0.4) is 0 Å². The zero-order valence-electron chi connectivity index (χ0n) is 8.36. The van der Waals surface area contributed by atoms with Crippen LogP contribution in [0.2, 0.25) is 0 Å². The van der Waals surface area contributed by atoms with Crippen LogP contribution < -0.4 is 5.73 Å². The fourth-order valence-corrected chi connectivity index (χ4v) is 1.15. The number of benzene rings is 1. The van der Waals surface area contributed by atoms with E-state index < -0.39 is 0 Å². The molecule has 1 aromatic rings. The predicted molar refractivity (Wildman–Crippen MR) is 58.2 cm³/mol. The molecule has 0 saturated heterocycles. The smallest absolute Gasteiger partial charge is 0.163 e. The van der Waals surface area contributed by atoms with Gasteiger partial charge < -0.3 is 10.9 Å². The molecule has 0 atom stereocenters. The normalized spacial score (nSPS) is 13.0. The Hall–Kier alpha value is -1.77. The molecule has 1 aromatic carbocycles. The summed E-state index contributed by atoms with van der Waals surface area (Å²) in [5.74, 6) is 0.114. The standard InChI is InChI=1S/C11H14N2O/c1-8-3-5-10(6-4-8)9(2)7-11(12)13-14/h3-7,14H,1-2H3,(H2,12,13)/b9-7+. The van der Waals surface area contributed by atoms with Crippen molar-refractivity contribution in [3.63, 3.8) is 0 Å². The molecule has 0 bridgehead atoms. The van der Waals surface area contributed by atoms with Gasteiger partial charge in [-0.2, -0.15) is 0 Å². The molecule has 14 heavy (non-hydrogen) atoms. The minimum absolute atomic E-state index is 0.114. The maximum Gasteiger partial charge on any atom is 0.163 e. The van der Waals surface area contributed by atoms with Crippen molar-refractivity contribution < 1.29 is 5.21 Å². The lowest BCUT2D eigenvalue weighted by molar-refractivity contribution is 0.319. The van der Waals surface area contributed by atoms with Crippen LogP contribution in [0.25, 0.3) is 5.57 Å². The molecule has 0 unspecified atom stereocenters. The van der Waals surface area contributed by atoms with Crippen molar-refractivity contribution in [1.29, 1.82) is 0 Å². The quantitative estimate of drug-likeness (QED) is 0.325. The lowest BCUT2D eigenvalue weighted by Gasteiger charge is -2.01. The van der Waals surface area contributed by atoms with Crippen molar-refractivity contribution in [1.82, 2.24) is 0 Å². The Labute approximate surface area is 83.5 Å². The van der Waals surface area contributed by atoms with Crippen molar-refractivity contribution >= 4 is 11.4 Å². The van der Waals surface area contributed by atoms with Crippen molar-refractivity contribution in [2.75, 3.05) is 0 Å². The second-order valence-corrected chi connectivity index (χ2v) is 3.22. The first-order valence-electron chi connectivity index (χ1n) is 4.36. The third-order valence-corrected chi connectivity index (χ3v) is 1.99. The summed E-state index contributed by atoms with van der Waals surface area (Å²) in [5.41, 5.74) is 8.62. The summed E-state index contributed by atoms with van der Waals surface area (Å²) in [4.78, 5) is 0. The molecule has 0 saturated carbocycles. The van der Waals surface area contributed by atoms with Gasteiger partial charge in [0.1, 0.15) is 0 Å². The number of hydrogen-bond acceptors (Lipinski definition) is 2. The Bertz CT molecular complexity index is 363. The van der Waals surface area contributed by atoms with Gasteiger partial charge in [0, 0.05) is 0 Å². The van der Waals surface area contributed by atoms with Gasteiger partial charge in [0.25, 0.3) is 0 Å². The monoisotopic (exact) mass is 190 g/mol. The molecular weight excluding hydrogens is 176 g/mol. The Kier molecular flexibility index (Phi) is 3.29. The van der Waals surface area contributed by atoms with Crippen LogP contribution in [0, 0.1) is 6.92 Å². The first kappa shape index (κ1) is 10.3. The molecule has 0 aromatic heterocycles. The van der Waals surface area contributed by atoms with Gasteiger partial charge in [-0.05, 0) is 31.1 Å². The van der Waals surface area contributed by atoms with E-state index in [4.69, 9.17) is 10.9 Å². The van der Waals surface area contributed by atoms with E-state index >= 15 is 0 Å². The molecule has 1 rings (SSSR count). The Balaban J connectivity index is 2.95. The average molecular weight is 190 g/mol. The highest BCUT2D eigenvalue weighted by Crippen LogP contribution is 2.13. The van der Waals surface area contributed by atoms with Crippen molar-refractivity contribution in [2.24, 2.45) is 10.9 Å². The number of aryl methyl sites for hydroxylation is 1. The molecule has 3 heteroatoms. The number of oxime groups is 1. The first-order chi connectivity index (χ1) is 6.63. The summed E-state index contributed by atoms with van der Waals surface area (Å²) >= 11 is 0. The highest BCUT2D eigenvalue weighted by atomic mass is 16.4. The summed E-state index contributed by atoms with van der Waals surface area (Å²) in [7, 11) is 0. The Morgan fingerprint density at radius 3 is 2.43 bits per heavy atom. The molecule has 0 radical (unpaired) electrons. The van der Waals surface area contributed by atoms with E-state index in [-0.39, 0.29) is 5.84 Å². The number of nitrogens with two attached hydrogens (primary N) is 1. The van der Waals surface area contributed by atoms with Gasteiger partial charge >= 0.3 is 0 Å². The number of amidine groups is 1. The van der Waals surface area contributed by atoms with E-state index in [1.165, 1.54) is 5.56 Å². The molecule has 0 aliphatic carbocycles. The molecule has 3 N–H and O–H groups in total. The van der Waals surface area contributed by atoms with Gasteiger partial charge in [0.05, 0.1) is 0 Å². The van der Waals surface area contributed by atoms with E-state index in [0.29, 0.717) is 0 Å². The van der Waals surface area contributed by atoms with Crippen LogP contribution in [0.5, 0.6) is 0 Å². The lowest BCUT2D eigenvalue weighted by Crippen LogP contribution is -2.07. The fourth-order valence-electron chi connectivity index (χ4n) is 1.15. The predicted octanol–water partition coefficient (Wildman–Crippen LogP) is 2.14. The highest BCUT2D eigenvalue weighted by molar-refractivity contribution is 5.97. The van der Waals surface area contributed by atoms with Crippen LogP contribution >= 0.6 is 0 Å². The largest absolute Gasteiger partial charge is 0.409 e. The van der Waals surface area contributed by atoms with E-state index in [2.05, 4.69) is 5.16 Å². The number of allylic oxidation sites excluding steroid dienone is 1. The van der Waals surface area contributed by atoms with Gasteiger partial charge in [-0.15, -0.1) is 0 Å². The lowest BCUT2D eigenvalue weighted by atomic mass is 10.1. The second-order valence-electron chi connectivity index (χ2n) is 3.22. The molecular formula is C11H14N2O. The zero-order chi connectivity index (χ0) is 10.6. The Morgan fingerprint density at radius 1 is 1.36 bits per heavy atom. The van der Waals surface area contributed by atoms with Gasteiger partial charge in [0.15, 0.2) is 5.84 Å². The number of hydrogen-bond donors (Lipinski definition) is 2. The summed E-state index contributed by atoms with van der Waals surface area (Å²) in [6.07, 6.45) is 1.63. The molecule has 0 heterocycles. The molecule has 0 fully saturated rings. The van der Waals surface area contributed by atoms with Crippen LogP contribution in [0.15, 0.2) is 35.5 Å². The van der Waals surface area contributed by atoms with Crippen LogP contribution in [-0.4, -0.2) is 11.0 Å². The summed E-state index contributed by atoms with van der Waals surface area (Å²) in [5, 5.41) is 11.3. The fraction of sp³-hybridized carbons (Fsp3) is 0.182. The maximum atomic E-state index is 8.39. The molecule has 3 nitrogen and oxygen atoms in total. The van der Waals surface area contributed by atoms with Crippen molar-refractivity contribution in [3.05, 3.63) is 41.5 Å².